The van der Waals surface area contributed by atoms with Crippen LogP contribution < -0.4 is 15.6 Å². The van der Waals surface area contributed by atoms with Gasteiger partial charge < -0.3 is 15.0 Å². The predicted molar refractivity (Wildman–Crippen MR) is 140 cm³/mol. The predicted octanol–water partition coefficient (Wildman–Crippen LogP) is 4.38. The molecule has 8 nitrogen and oxygen atoms in total. The van der Waals surface area contributed by atoms with E-state index in [1.165, 1.54) is 17.5 Å². The molecule has 3 heterocycles. The minimum absolute atomic E-state index is 0.0241. The number of hydrogen-bond acceptors (Lipinski definition) is 6. The highest BCUT2D eigenvalue weighted by Crippen LogP contribution is 2.45. The third-order valence-corrected chi connectivity index (χ3v) is 8.35. The highest BCUT2D eigenvalue weighted by molar-refractivity contribution is 7.89. The lowest BCUT2D eigenvalue weighted by Crippen LogP contribution is -2.29. The normalized spacial score (nSPS) is 21.5. The fraction of sp³-hybridized carbons (Fsp3) is 0.333. The maximum Gasteiger partial charge on any atom is 0.209 e. The van der Waals surface area contributed by atoms with Crippen molar-refractivity contribution >= 4 is 26.9 Å². The third-order valence-electron chi connectivity index (χ3n) is 7.55. The molecule has 6 rings (SSSR count). The highest BCUT2D eigenvalue weighted by atomic mass is 32.2. The summed E-state index contributed by atoms with van der Waals surface area (Å²) in [6.07, 6.45) is 7.90. The summed E-state index contributed by atoms with van der Waals surface area (Å²) in [4.78, 5) is 8.83. The number of sulfonamides is 1. The van der Waals surface area contributed by atoms with Crippen LogP contribution in [0, 0.1) is 5.92 Å². The minimum atomic E-state index is -3.43. The van der Waals surface area contributed by atoms with Crippen molar-refractivity contribution in [2.45, 2.75) is 44.2 Å². The average molecular weight is 504 g/mol. The van der Waals surface area contributed by atoms with Crippen molar-refractivity contribution in [1.82, 2.24) is 14.5 Å². The number of aromatic nitrogens is 3. The zero-order valence-electron chi connectivity index (χ0n) is 19.9. The number of nitrogen functional groups attached to an aromatic ring is 1. The Kier molecular flexibility index (Phi) is 5.69. The number of nitrogens with zero attached hydrogens (tertiary/aromatic N) is 3. The van der Waals surface area contributed by atoms with Crippen LogP contribution in [0.1, 0.15) is 49.0 Å². The molecule has 4 aromatic rings. The van der Waals surface area contributed by atoms with Crippen molar-refractivity contribution in [3.63, 3.8) is 0 Å². The van der Waals surface area contributed by atoms with Crippen LogP contribution in [-0.4, -0.2) is 28.7 Å². The summed E-state index contributed by atoms with van der Waals surface area (Å²) in [6, 6.07) is 16.9. The number of primary sulfonamides is 1. The van der Waals surface area contributed by atoms with Gasteiger partial charge in [0.1, 0.15) is 29.6 Å². The summed E-state index contributed by atoms with van der Waals surface area (Å²) in [7, 11) is -3.43. The molecular weight excluding hydrogens is 474 g/mol. The molecular formula is C27H29N5O3S. The number of aryl methyl sites for hydroxylation is 1. The van der Waals surface area contributed by atoms with Gasteiger partial charge in [0.05, 0.1) is 11.1 Å². The second-order valence-electron chi connectivity index (χ2n) is 9.93. The van der Waals surface area contributed by atoms with Crippen molar-refractivity contribution in [1.29, 1.82) is 0 Å². The first kappa shape index (κ1) is 23.0. The lowest BCUT2D eigenvalue weighted by atomic mass is 9.78. The number of rotatable bonds is 6. The number of anilines is 1. The van der Waals surface area contributed by atoms with Gasteiger partial charge in [0.25, 0.3) is 0 Å². The number of hydrogen-bond donors (Lipinski definition) is 2. The van der Waals surface area contributed by atoms with Gasteiger partial charge in [-0.05, 0) is 60.8 Å². The van der Waals surface area contributed by atoms with Crippen LogP contribution in [0.15, 0.2) is 61.1 Å². The first-order valence-electron chi connectivity index (χ1n) is 12.3. The van der Waals surface area contributed by atoms with Crippen molar-refractivity contribution in [3.8, 4) is 16.9 Å². The van der Waals surface area contributed by atoms with Gasteiger partial charge in [0, 0.05) is 17.8 Å². The average Bonchev–Trinajstić information content (AvgIpc) is 3.23. The number of nitrogens with two attached hydrogens (primary N) is 2. The smallest absolute Gasteiger partial charge is 0.209 e. The topological polar surface area (TPSA) is 126 Å². The zero-order valence-corrected chi connectivity index (χ0v) is 20.7. The van der Waals surface area contributed by atoms with Gasteiger partial charge in [-0.3, -0.25) is 0 Å². The van der Waals surface area contributed by atoms with Crippen molar-refractivity contribution < 1.29 is 13.2 Å². The summed E-state index contributed by atoms with van der Waals surface area (Å²) in [6.45, 7) is 0. The van der Waals surface area contributed by atoms with Gasteiger partial charge in [0.15, 0.2) is 0 Å². The van der Waals surface area contributed by atoms with Crippen LogP contribution in [0.3, 0.4) is 0 Å². The first-order valence-corrected chi connectivity index (χ1v) is 14.0. The lowest BCUT2D eigenvalue weighted by Gasteiger charge is -2.36. The number of fused-ring (bicyclic) bond motifs is 2. The van der Waals surface area contributed by atoms with Gasteiger partial charge >= 0.3 is 0 Å². The van der Waals surface area contributed by atoms with Crippen molar-refractivity contribution in [3.05, 3.63) is 72.2 Å². The third kappa shape index (κ3) is 4.33. The molecule has 1 atom stereocenters. The molecule has 1 aliphatic heterocycles. The van der Waals surface area contributed by atoms with E-state index < -0.39 is 10.0 Å². The van der Waals surface area contributed by atoms with Gasteiger partial charge in [-0.25, -0.2) is 23.5 Å². The van der Waals surface area contributed by atoms with Crippen molar-refractivity contribution in [2.75, 3.05) is 11.5 Å². The second-order valence-corrected chi connectivity index (χ2v) is 11.7. The Bertz CT molecular complexity index is 1530. The summed E-state index contributed by atoms with van der Waals surface area (Å²) in [5, 5.41) is 6.02. The van der Waals surface area contributed by atoms with E-state index in [2.05, 4.69) is 51.1 Å². The summed E-state index contributed by atoms with van der Waals surface area (Å²) in [5.74, 6) is 1.70. The molecule has 36 heavy (non-hydrogen) atoms. The Morgan fingerprint density at radius 1 is 1.08 bits per heavy atom. The first-order chi connectivity index (χ1) is 17.4. The molecule has 1 fully saturated rings. The monoisotopic (exact) mass is 503 g/mol. The summed E-state index contributed by atoms with van der Waals surface area (Å²) in [5.41, 5.74) is 11.5. The highest BCUT2D eigenvalue weighted by Gasteiger charge is 2.33. The molecule has 2 aromatic carbocycles. The molecule has 0 amide bonds. The van der Waals surface area contributed by atoms with Crippen LogP contribution in [-0.2, 0) is 16.4 Å². The minimum Gasteiger partial charge on any atom is -0.485 e. The Balaban J connectivity index is 1.31. The van der Waals surface area contributed by atoms with Crippen LogP contribution in [0.4, 0.5) is 5.82 Å². The molecule has 0 spiro atoms. The molecule has 2 aliphatic rings. The summed E-state index contributed by atoms with van der Waals surface area (Å²) < 4.78 is 31.3. The molecule has 186 valence electrons. The number of benzene rings is 2. The standard InChI is InChI=1S/C27H29N5O3S/c28-26-25-22(15-32(27(25)31-16-30-26)21-12-17(13-21)10-11-36(29,33)34)20-7-6-19-8-9-23(35-24(19)14-20)18-4-2-1-3-5-18/h1-7,14-17,21,23H,8-13H2,(H2,28,30,31)(H2,29,33,34)/t17?,21?,23-/m1/s1. The molecule has 0 saturated heterocycles. The Morgan fingerprint density at radius 3 is 2.67 bits per heavy atom. The maximum atomic E-state index is 11.3. The second kappa shape index (κ2) is 8.90. The number of ether oxygens (including phenoxy) is 1. The van der Waals surface area contributed by atoms with E-state index in [4.69, 9.17) is 15.6 Å². The van der Waals surface area contributed by atoms with Gasteiger partial charge in [-0.2, -0.15) is 0 Å². The molecule has 1 aliphatic carbocycles. The van der Waals surface area contributed by atoms with Gasteiger partial charge in [-0.1, -0.05) is 42.5 Å². The molecule has 0 unspecified atom stereocenters. The molecule has 0 bridgehead atoms. The fourth-order valence-corrected chi connectivity index (χ4v) is 6.20. The van der Waals surface area contributed by atoms with Crippen LogP contribution in [0.5, 0.6) is 5.75 Å². The SMILES string of the molecule is Nc1ncnc2c1c(-c1ccc3c(c1)O[C@@H](c1ccccc1)CC3)cn2C1CC(CCS(N)(=O)=O)C1. The summed E-state index contributed by atoms with van der Waals surface area (Å²) >= 11 is 0. The zero-order chi connectivity index (χ0) is 24.9. The van der Waals surface area contributed by atoms with E-state index >= 15 is 0 Å². The Morgan fingerprint density at radius 2 is 1.89 bits per heavy atom. The fourth-order valence-electron chi connectivity index (χ4n) is 5.54. The molecule has 2 aromatic heterocycles. The molecule has 0 radical (unpaired) electrons. The Hall–Kier alpha value is -3.43. The van der Waals surface area contributed by atoms with Gasteiger partial charge in [0.2, 0.25) is 10.0 Å². The van der Waals surface area contributed by atoms with Crippen LogP contribution in [0.2, 0.25) is 0 Å². The van der Waals surface area contributed by atoms with E-state index in [-0.39, 0.29) is 17.9 Å². The van der Waals surface area contributed by atoms with E-state index in [1.807, 2.05) is 18.2 Å². The molecule has 1 saturated carbocycles. The van der Waals surface area contributed by atoms with E-state index in [9.17, 15) is 8.42 Å². The lowest BCUT2D eigenvalue weighted by molar-refractivity contribution is 0.177. The van der Waals surface area contributed by atoms with E-state index in [0.717, 1.165) is 53.6 Å². The van der Waals surface area contributed by atoms with E-state index in [0.29, 0.717) is 18.2 Å². The largest absolute Gasteiger partial charge is 0.485 e. The van der Waals surface area contributed by atoms with E-state index in [1.54, 1.807) is 0 Å². The van der Waals surface area contributed by atoms with Gasteiger partial charge in [-0.15, -0.1) is 0 Å². The molecule has 4 N–H and O–H groups in total. The van der Waals surface area contributed by atoms with Crippen LogP contribution in [0.25, 0.3) is 22.2 Å². The molecule has 9 heteroatoms. The van der Waals surface area contributed by atoms with Crippen molar-refractivity contribution in [2.24, 2.45) is 11.1 Å². The van der Waals surface area contributed by atoms with Crippen LogP contribution >= 0.6 is 0 Å². The maximum absolute atomic E-state index is 11.3. The quantitative estimate of drug-likeness (QED) is 0.402. The Labute approximate surface area is 210 Å².